The molecule has 1 aromatic rings. The third kappa shape index (κ3) is 2.07. The van der Waals surface area contributed by atoms with Gasteiger partial charge in [0, 0.05) is 13.7 Å². The van der Waals surface area contributed by atoms with Gasteiger partial charge in [-0.15, -0.1) is 0 Å². The van der Waals surface area contributed by atoms with Gasteiger partial charge >= 0.3 is 0 Å². The highest BCUT2D eigenvalue weighted by atomic mass is 79.9. The smallest absolute Gasteiger partial charge is 0.129 e. The van der Waals surface area contributed by atoms with Crippen molar-refractivity contribution >= 4 is 21.7 Å². The van der Waals surface area contributed by atoms with Crippen molar-refractivity contribution in [3.63, 3.8) is 0 Å². The lowest BCUT2D eigenvalue weighted by Crippen LogP contribution is -2.32. The molecule has 0 radical (unpaired) electrons. The molecule has 0 spiro atoms. The number of rotatable bonds is 2. The first-order valence-electron chi connectivity index (χ1n) is 4.70. The normalized spacial score (nSPS) is 21.1. The first-order valence-corrected chi connectivity index (χ1v) is 5.50. The molecule has 1 aromatic heterocycles. The Labute approximate surface area is 92.2 Å². The van der Waals surface area contributed by atoms with Crippen LogP contribution in [0.15, 0.2) is 22.8 Å². The largest absolute Gasteiger partial charge is 0.379 e. The molecule has 4 heteroatoms. The van der Waals surface area contributed by atoms with Crippen LogP contribution in [0.25, 0.3) is 0 Å². The minimum absolute atomic E-state index is 0.469. The molecule has 0 amide bonds. The average molecular weight is 257 g/mol. The molecule has 0 aromatic carbocycles. The van der Waals surface area contributed by atoms with Crippen LogP contribution in [0.2, 0.25) is 0 Å². The predicted octanol–water partition coefficient (Wildman–Crippen LogP) is 2.07. The van der Waals surface area contributed by atoms with Crippen LogP contribution in [0.1, 0.15) is 6.42 Å². The number of hydrogen-bond acceptors (Lipinski definition) is 3. The standard InChI is InChI=1S/C10H13BrN2O/c1-13(8-5-6-14-7-8)10-4-2-3-9(11)12-10/h2-4,8H,5-7H2,1H3. The summed E-state index contributed by atoms with van der Waals surface area (Å²) in [5.74, 6) is 0.995. The van der Waals surface area contributed by atoms with E-state index in [2.05, 4.69) is 32.9 Å². The Kier molecular flexibility index (Phi) is 3.03. The summed E-state index contributed by atoms with van der Waals surface area (Å²) in [6, 6.07) is 6.42. The van der Waals surface area contributed by atoms with Gasteiger partial charge in [0.2, 0.25) is 0 Å². The highest BCUT2D eigenvalue weighted by Gasteiger charge is 2.21. The third-order valence-corrected chi connectivity index (χ3v) is 2.96. The summed E-state index contributed by atoms with van der Waals surface area (Å²) in [7, 11) is 2.06. The summed E-state index contributed by atoms with van der Waals surface area (Å²) in [6.45, 7) is 1.67. The van der Waals surface area contributed by atoms with Crippen molar-refractivity contribution in [2.75, 3.05) is 25.2 Å². The zero-order chi connectivity index (χ0) is 9.97. The van der Waals surface area contributed by atoms with Crippen LogP contribution in [0, 0.1) is 0 Å². The molecule has 0 saturated carbocycles. The first kappa shape index (κ1) is 9.93. The molecule has 1 saturated heterocycles. The van der Waals surface area contributed by atoms with Crippen molar-refractivity contribution in [1.82, 2.24) is 4.98 Å². The highest BCUT2D eigenvalue weighted by molar-refractivity contribution is 9.10. The molecule has 2 heterocycles. The van der Waals surface area contributed by atoms with E-state index in [4.69, 9.17) is 4.74 Å². The van der Waals surface area contributed by atoms with E-state index in [1.165, 1.54) is 0 Å². The molecule has 1 atom stereocenters. The molecule has 14 heavy (non-hydrogen) atoms. The number of likely N-dealkylation sites (N-methyl/N-ethyl adjacent to an activating group) is 1. The average Bonchev–Trinajstić information content (AvgIpc) is 2.69. The Morgan fingerprint density at radius 2 is 2.43 bits per heavy atom. The van der Waals surface area contributed by atoms with Crippen LogP contribution in [0.4, 0.5) is 5.82 Å². The molecular formula is C10H13BrN2O. The van der Waals surface area contributed by atoms with Crippen LogP contribution < -0.4 is 4.90 Å². The molecule has 76 valence electrons. The summed E-state index contributed by atoms with van der Waals surface area (Å²) in [5.41, 5.74) is 0. The Hall–Kier alpha value is -0.610. The van der Waals surface area contributed by atoms with Crippen LogP contribution in [0.5, 0.6) is 0 Å². The maximum Gasteiger partial charge on any atom is 0.129 e. The lowest BCUT2D eigenvalue weighted by atomic mass is 10.2. The lowest BCUT2D eigenvalue weighted by molar-refractivity contribution is 0.193. The van der Waals surface area contributed by atoms with Crippen LogP contribution in [-0.2, 0) is 4.74 Å². The van der Waals surface area contributed by atoms with Crippen molar-refractivity contribution in [3.05, 3.63) is 22.8 Å². The molecule has 1 aliphatic rings. The number of halogens is 1. The fourth-order valence-electron chi connectivity index (χ4n) is 1.61. The van der Waals surface area contributed by atoms with Crippen LogP contribution in [-0.4, -0.2) is 31.3 Å². The van der Waals surface area contributed by atoms with Crippen molar-refractivity contribution in [1.29, 1.82) is 0 Å². The van der Waals surface area contributed by atoms with E-state index in [0.29, 0.717) is 6.04 Å². The van der Waals surface area contributed by atoms with Gasteiger partial charge in [-0.2, -0.15) is 0 Å². The van der Waals surface area contributed by atoms with Gasteiger partial charge in [-0.05, 0) is 34.5 Å². The van der Waals surface area contributed by atoms with Crippen molar-refractivity contribution in [2.24, 2.45) is 0 Å². The van der Waals surface area contributed by atoms with Crippen molar-refractivity contribution in [2.45, 2.75) is 12.5 Å². The van der Waals surface area contributed by atoms with E-state index in [9.17, 15) is 0 Å². The van der Waals surface area contributed by atoms with Gasteiger partial charge in [0.15, 0.2) is 0 Å². The number of aromatic nitrogens is 1. The lowest BCUT2D eigenvalue weighted by Gasteiger charge is -2.24. The Morgan fingerprint density at radius 1 is 1.57 bits per heavy atom. The number of nitrogens with zero attached hydrogens (tertiary/aromatic N) is 2. The SMILES string of the molecule is CN(c1cccc(Br)n1)C1CCOC1. The van der Waals surface area contributed by atoms with E-state index < -0.39 is 0 Å². The number of ether oxygens (including phenoxy) is 1. The molecule has 1 unspecified atom stereocenters. The maximum absolute atomic E-state index is 5.35. The fourth-order valence-corrected chi connectivity index (χ4v) is 1.94. The minimum atomic E-state index is 0.469. The number of pyridine rings is 1. The monoisotopic (exact) mass is 256 g/mol. The molecule has 0 bridgehead atoms. The van der Waals surface area contributed by atoms with Gasteiger partial charge in [-0.1, -0.05) is 6.07 Å². The Morgan fingerprint density at radius 3 is 3.07 bits per heavy atom. The Bertz CT molecular complexity index is 313. The van der Waals surface area contributed by atoms with Crippen LogP contribution in [0.3, 0.4) is 0 Å². The molecule has 2 rings (SSSR count). The van der Waals surface area contributed by atoms with Gasteiger partial charge in [0.25, 0.3) is 0 Å². The second-order valence-electron chi connectivity index (χ2n) is 3.45. The van der Waals surface area contributed by atoms with E-state index in [-0.39, 0.29) is 0 Å². The van der Waals surface area contributed by atoms with Crippen molar-refractivity contribution < 1.29 is 4.74 Å². The van der Waals surface area contributed by atoms with E-state index in [0.717, 1.165) is 30.1 Å². The summed E-state index contributed by atoms with van der Waals surface area (Å²) in [4.78, 5) is 6.58. The summed E-state index contributed by atoms with van der Waals surface area (Å²) >= 11 is 3.37. The molecule has 1 aliphatic heterocycles. The predicted molar refractivity (Wildman–Crippen MR) is 59.6 cm³/mol. The summed E-state index contributed by atoms with van der Waals surface area (Å²) in [5, 5.41) is 0. The molecule has 3 nitrogen and oxygen atoms in total. The quantitative estimate of drug-likeness (QED) is 0.758. The van der Waals surface area contributed by atoms with Crippen molar-refractivity contribution in [3.8, 4) is 0 Å². The van der Waals surface area contributed by atoms with E-state index >= 15 is 0 Å². The third-order valence-electron chi connectivity index (χ3n) is 2.52. The van der Waals surface area contributed by atoms with Crippen LogP contribution >= 0.6 is 15.9 Å². The molecule has 0 N–H and O–H groups in total. The second-order valence-corrected chi connectivity index (χ2v) is 4.26. The van der Waals surface area contributed by atoms with E-state index in [1.54, 1.807) is 0 Å². The van der Waals surface area contributed by atoms with E-state index in [1.807, 2.05) is 18.2 Å². The minimum Gasteiger partial charge on any atom is -0.379 e. The maximum atomic E-state index is 5.35. The van der Waals surface area contributed by atoms with Gasteiger partial charge in [0.1, 0.15) is 10.4 Å². The summed E-state index contributed by atoms with van der Waals surface area (Å²) < 4.78 is 6.22. The number of hydrogen-bond donors (Lipinski definition) is 0. The second kappa shape index (κ2) is 4.28. The molecular weight excluding hydrogens is 244 g/mol. The first-order chi connectivity index (χ1) is 6.77. The molecule has 1 fully saturated rings. The summed E-state index contributed by atoms with van der Waals surface area (Å²) in [6.07, 6.45) is 1.09. The van der Waals surface area contributed by atoms with Gasteiger partial charge < -0.3 is 9.64 Å². The zero-order valence-electron chi connectivity index (χ0n) is 8.11. The van der Waals surface area contributed by atoms with Gasteiger partial charge in [-0.3, -0.25) is 0 Å². The van der Waals surface area contributed by atoms with Gasteiger partial charge in [-0.25, -0.2) is 4.98 Å². The number of anilines is 1. The fraction of sp³-hybridized carbons (Fsp3) is 0.500. The zero-order valence-corrected chi connectivity index (χ0v) is 9.70. The highest BCUT2D eigenvalue weighted by Crippen LogP contribution is 2.19. The molecule has 0 aliphatic carbocycles. The topological polar surface area (TPSA) is 25.4 Å². The van der Waals surface area contributed by atoms with Gasteiger partial charge in [0.05, 0.1) is 12.6 Å². The Balaban J connectivity index is 2.13.